The van der Waals surface area contributed by atoms with Crippen LogP contribution in [0.4, 0.5) is 11.6 Å². The van der Waals surface area contributed by atoms with Gasteiger partial charge in [-0.1, -0.05) is 46.8 Å². The summed E-state index contributed by atoms with van der Waals surface area (Å²) in [5.74, 6) is 0.780. The van der Waals surface area contributed by atoms with Crippen LogP contribution >= 0.6 is 11.3 Å². The van der Waals surface area contributed by atoms with Crippen molar-refractivity contribution >= 4 is 27.9 Å². The minimum Gasteiger partial charge on any atom is -0.358 e. The van der Waals surface area contributed by atoms with Crippen molar-refractivity contribution in [3.8, 4) is 11.3 Å². The fourth-order valence-corrected chi connectivity index (χ4v) is 3.08. The van der Waals surface area contributed by atoms with Gasteiger partial charge in [0.05, 0.1) is 6.54 Å². The van der Waals surface area contributed by atoms with Gasteiger partial charge in [-0.2, -0.15) is 9.38 Å². The molecule has 4 rings (SSSR count). The first kappa shape index (κ1) is 14.4. The normalized spacial score (nSPS) is 11.0. The van der Waals surface area contributed by atoms with Crippen molar-refractivity contribution in [1.29, 1.82) is 0 Å². The maximum atomic E-state index is 11.3. The van der Waals surface area contributed by atoms with E-state index < -0.39 is 4.92 Å². The highest BCUT2D eigenvalue weighted by molar-refractivity contribution is 7.15. The van der Waals surface area contributed by atoms with Gasteiger partial charge in [-0.25, -0.2) is 0 Å². The first-order chi connectivity index (χ1) is 11.7. The molecule has 0 amide bonds. The molecule has 1 aromatic carbocycles. The van der Waals surface area contributed by atoms with E-state index in [1.807, 2.05) is 30.3 Å². The standard InChI is InChI=1S/C15H11N5O3S/c21-20(22)14-13(17-15-19(14)6-7-24-15)16-9-11-8-12(23-18-11)10-4-2-1-3-5-10/h1-8,16H,9H2. The maximum absolute atomic E-state index is 11.3. The Balaban J connectivity index is 1.56. The summed E-state index contributed by atoms with van der Waals surface area (Å²) >= 11 is 1.34. The van der Waals surface area contributed by atoms with E-state index in [0.29, 0.717) is 16.4 Å². The van der Waals surface area contributed by atoms with Crippen molar-refractivity contribution in [1.82, 2.24) is 14.5 Å². The minimum atomic E-state index is -0.451. The van der Waals surface area contributed by atoms with Crippen LogP contribution in [0.25, 0.3) is 16.3 Å². The lowest BCUT2D eigenvalue weighted by molar-refractivity contribution is -0.389. The summed E-state index contributed by atoms with van der Waals surface area (Å²) in [7, 11) is 0. The molecule has 0 aliphatic rings. The Morgan fingerprint density at radius 1 is 1.33 bits per heavy atom. The van der Waals surface area contributed by atoms with E-state index in [1.54, 1.807) is 17.6 Å². The second kappa shape index (κ2) is 5.78. The van der Waals surface area contributed by atoms with Crippen LogP contribution in [-0.2, 0) is 6.54 Å². The third-order valence-corrected chi connectivity index (χ3v) is 4.22. The maximum Gasteiger partial charge on any atom is 0.372 e. The van der Waals surface area contributed by atoms with Crippen LogP contribution < -0.4 is 5.32 Å². The average molecular weight is 341 g/mol. The molecule has 120 valence electrons. The topological polar surface area (TPSA) is 98.5 Å². The van der Waals surface area contributed by atoms with E-state index in [0.717, 1.165) is 5.56 Å². The lowest BCUT2D eigenvalue weighted by Gasteiger charge is -1.99. The predicted molar refractivity (Wildman–Crippen MR) is 89.0 cm³/mol. The van der Waals surface area contributed by atoms with E-state index in [-0.39, 0.29) is 18.2 Å². The van der Waals surface area contributed by atoms with Gasteiger partial charge < -0.3 is 20.0 Å². The fraction of sp³-hybridized carbons (Fsp3) is 0.0667. The molecule has 0 atom stereocenters. The second-order valence-corrected chi connectivity index (χ2v) is 5.87. The third-order valence-electron chi connectivity index (χ3n) is 3.46. The zero-order valence-corrected chi connectivity index (χ0v) is 13.1. The Labute approximate surface area is 139 Å². The molecule has 8 nitrogen and oxygen atoms in total. The Morgan fingerprint density at radius 2 is 2.17 bits per heavy atom. The van der Waals surface area contributed by atoms with Crippen molar-refractivity contribution in [2.75, 3.05) is 5.32 Å². The van der Waals surface area contributed by atoms with Crippen molar-refractivity contribution in [3.05, 3.63) is 63.8 Å². The number of aromatic nitrogens is 3. The van der Waals surface area contributed by atoms with Gasteiger partial charge >= 0.3 is 5.82 Å². The van der Waals surface area contributed by atoms with Crippen LogP contribution in [0.1, 0.15) is 5.69 Å². The number of anilines is 1. The summed E-state index contributed by atoms with van der Waals surface area (Å²) in [4.78, 5) is 15.6. The second-order valence-electron chi connectivity index (χ2n) is 5.00. The largest absolute Gasteiger partial charge is 0.372 e. The SMILES string of the molecule is O=[N+]([O-])c1c(NCc2cc(-c3ccccc3)on2)nc2sccn12. The average Bonchev–Trinajstić information content (AvgIpc) is 3.28. The molecule has 0 saturated heterocycles. The molecule has 0 bridgehead atoms. The Hall–Kier alpha value is -3.20. The molecule has 0 spiro atoms. The Kier molecular flexibility index (Phi) is 3.47. The van der Waals surface area contributed by atoms with Gasteiger partial charge in [-0.15, -0.1) is 0 Å². The zero-order valence-electron chi connectivity index (χ0n) is 12.2. The van der Waals surface area contributed by atoms with E-state index in [4.69, 9.17) is 4.52 Å². The van der Waals surface area contributed by atoms with Gasteiger partial charge in [0.15, 0.2) is 5.76 Å². The van der Waals surface area contributed by atoms with Crippen molar-refractivity contribution in [3.63, 3.8) is 0 Å². The number of hydrogen-bond donors (Lipinski definition) is 1. The molecule has 0 radical (unpaired) electrons. The predicted octanol–water partition coefficient (Wildman–Crippen LogP) is 3.57. The molecular weight excluding hydrogens is 330 g/mol. The molecule has 1 N–H and O–H groups in total. The number of benzene rings is 1. The molecule has 0 fully saturated rings. The summed E-state index contributed by atoms with van der Waals surface area (Å²) in [6.07, 6.45) is 1.62. The molecule has 0 saturated carbocycles. The molecule has 24 heavy (non-hydrogen) atoms. The summed E-state index contributed by atoms with van der Waals surface area (Å²) in [5, 5.41) is 20.0. The lowest BCUT2D eigenvalue weighted by atomic mass is 10.2. The molecule has 4 aromatic rings. The van der Waals surface area contributed by atoms with Crippen LogP contribution in [-0.4, -0.2) is 19.5 Å². The molecular formula is C15H11N5O3S. The van der Waals surface area contributed by atoms with E-state index in [1.165, 1.54) is 15.7 Å². The van der Waals surface area contributed by atoms with Crippen molar-refractivity contribution in [2.24, 2.45) is 0 Å². The number of hydrogen-bond acceptors (Lipinski definition) is 7. The summed E-state index contributed by atoms with van der Waals surface area (Å²) in [6.45, 7) is 0.280. The Morgan fingerprint density at radius 3 is 2.96 bits per heavy atom. The van der Waals surface area contributed by atoms with Crippen molar-refractivity contribution in [2.45, 2.75) is 6.54 Å². The van der Waals surface area contributed by atoms with Gasteiger partial charge in [-0.05, 0) is 4.92 Å². The molecule has 0 aliphatic carbocycles. The lowest BCUT2D eigenvalue weighted by Crippen LogP contribution is -2.03. The highest BCUT2D eigenvalue weighted by Gasteiger charge is 2.23. The first-order valence-electron chi connectivity index (χ1n) is 7.07. The van der Waals surface area contributed by atoms with E-state index in [9.17, 15) is 10.1 Å². The van der Waals surface area contributed by atoms with Crippen molar-refractivity contribution < 1.29 is 9.45 Å². The van der Waals surface area contributed by atoms with Crippen LogP contribution in [0.3, 0.4) is 0 Å². The molecule has 3 heterocycles. The van der Waals surface area contributed by atoms with Crippen LogP contribution in [0.15, 0.2) is 52.5 Å². The van der Waals surface area contributed by atoms with Crippen LogP contribution in [0, 0.1) is 10.1 Å². The number of nitro groups is 1. The minimum absolute atomic E-state index is 0.0852. The van der Waals surface area contributed by atoms with Gasteiger partial charge in [0.2, 0.25) is 5.82 Å². The molecule has 0 unspecified atom stereocenters. The summed E-state index contributed by atoms with van der Waals surface area (Å²) in [5.41, 5.74) is 1.56. The number of imidazole rings is 1. The first-order valence-corrected chi connectivity index (χ1v) is 7.95. The Bertz CT molecular complexity index is 1000. The monoisotopic (exact) mass is 341 g/mol. The molecule has 9 heteroatoms. The summed E-state index contributed by atoms with van der Waals surface area (Å²) in [6, 6.07) is 11.4. The number of nitrogens with one attached hydrogen (secondary N) is 1. The van der Waals surface area contributed by atoms with Gasteiger partial charge in [-0.3, -0.25) is 0 Å². The fourth-order valence-electron chi connectivity index (χ4n) is 2.37. The number of fused-ring (bicyclic) bond motifs is 1. The highest BCUT2D eigenvalue weighted by atomic mass is 32.1. The quantitative estimate of drug-likeness (QED) is 0.440. The van der Waals surface area contributed by atoms with Gasteiger partial charge in [0, 0.05) is 17.0 Å². The van der Waals surface area contributed by atoms with Crippen LogP contribution in [0.2, 0.25) is 0 Å². The van der Waals surface area contributed by atoms with Gasteiger partial charge in [0.25, 0.3) is 4.96 Å². The summed E-state index contributed by atoms with van der Waals surface area (Å²) < 4.78 is 6.76. The molecule has 3 aromatic heterocycles. The van der Waals surface area contributed by atoms with E-state index >= 15 is 0 Å². The molecule has 0 aliphatic heterocycles. The smallest absolute Gasteiger partial charge is 0.358 e. The van der Waals surface area contributed by atoms with E-state index in [2.05, 4.69) is 15.5 Å². The van der Waals surface area contributed by atoms with Gasteiger partial charge in [0.1, 0.15) is 11.9 Å². The highest BCUT2D eigenvalue weighted by Crippen LogP contribution is 2.28. The number of rotatable bonds is 5. The number of nitrogens with zero attached hydrogens (tertiary/aromatic N) is 4. The number of thiazole rings is 1. The third kappa shape index (κ3) is 2.50. The zero-order chi connectivity index (χ0) is 16.5. The van der Waals surface area contributed by atoms with Crippen LogP contribution in [0.5, 0.6) is 0 Å².